The molecule has 8 heteroatoms. The Morgan fingerprint density at radius 2 is 2.19 bits per heavy atom. The van der Waals surface area contributed by atoms with Gasteiger partial charge in [-0.25, -0.2) is 9.97 Å². The molecule has 8 nitrogen and oxygen atoms in total. The smallest absolute Gasteiger partial charge is 0.270 e. The van der Waals surface area contributed by atoms with Crippen LogP contribution in [0.1, 0.15) is 41.4 Å². The lowest BCUT2D eigenvalue weighted by molar-refractivity contribution is 0.0945. The van der Waals surface area contributed by atoms with Crippen LogP contribution in [-0.2, 0) is 13.0 Å². The van der Waals surface area contributed by atoms with Gasteiger partial charge in [0.05, 0.1) is 25.5 Å². The summed E-state index contributed by atoms with van der Waals surface area (Å²) in [5.74, 6) is 2.13. The topological polar surface area (TPSA) is 94.8 Å². The number of nitrogens with zero attached hydrogens (tertiary/aromatic N) is 5. The summed E-state index contributed by atoms with van der Waals surface area (Å²) in [7, 11) is 1.56. The Kier molecular flexibility index (Phi) is 4.53. The number of nitrogens with one attached hydrogen (secondary N) is 1. The van der Waals surface area contributed by atoms with Gasteiger partial charge in [-0.3, -0.25) is 4.79 Å². The number of fused-ring (bicyclic) bond motifs is 1. The molecule has 3 aromatic heterocycles. The number of pyridine rings is 2. The van der Waals surface area contributed by atoms with Crippen LogP contribution >= 0.6 is 0 Å². The van der Waals surface area contributed by atoms with Crippen LogP contribution in [0.3, 0.4) is 0 Å². The molecule has 3 aromatic rings. The summed E-state index contributed by atoms with van der Waals surface area (Å²) in [5.41, 5.74) is 1.84. The highest BCUT2D eigenvalue weighted by molar-refractivity contribution is 5.92. The molecule has 0 radical (unpaired) electrons. The van der Waals surface area contributed by atoms with Crippen molar-refractivity contribution in [1.29, 1.82) is 0 Å². The Hall–Kier alpha value is -3.29. The molecule has 4 heterocycles. The van der Waals surface area contributed by atoms with Crippen molar-refractivity contribution in [3.05, 3.63) is 53.7 Å². The molecule has 1 N–H and O–H groups in total. The van der Waals surface area contributed by atoms with Crippen LogP contribution in [0, 0.1) is 0 Å². The van der Waals surface area contributed by atoms with Crippen LogP contribution in [0.2, 0.25) is 0 Å². The quantitative estimate of drug-likeness (QED) is 0.746. The average Bonchev–Trinajstić information content (AvgIpc) is 3.29. The fourth-order valence-electron chi connectivity index (χ4n) is 3.20. The molecule has 1 aliphatic rings. The van der Waals surface area contributed by atoms with Crippen LogP contribution in [0.5, 0.6) is 5.75 Å². The van der Waals surface area contributed by atoms with Crippen LogP contribution in [-0.4, -0.2) is 37.7 Å². The fraction of sp³-hybridized carbons (Fsp3) is 0.316. The maximum Gasteiger partial charge on any atom is 0.270 e. The average molecular weight is 364 g/mol. The third kappa shape index (κ3) is 3.38. The van der Waals surface area contributed by atoms with E-state index >= 15 is 0 Å². The lowest BCUT2D eigenvalue weighted by Crippen LogP contribution is -2.24. The second kappa shape index (κ2) is 7.14. The van der Waals surface area contributed by atoms with Crippen molar-refractivity contribution in [2.75, 3.05) is 7.11 Å². The Morgan fingerprint density at radius 1 is 1.30 bits per heavy atom. The van der Waals surface area contributed by atoms with E-state index in [4.69, 9.17) is 4.74 Å². The summed E-state index contributed by atoms with van der Waals surface area (Å²) in [6.07, 6.45) is 3.53. The number of amides is 1. The van der Waals surface area contributed by atoms with Gasteiger partial charge in [-0.1, -0.05) is 6.07 Å². The minimum atomic E-state index is -0.262. The number of methoxy groups -OCH3 is 1. The highest BCUT2D eigenvalue weighted by Crippen LogP contribution is 2.29. The molecule has 0 spiro atoms. The van der Waals surface area contributed by atoms with Gasteiger partial charge in [0.1, 0.15) is 23.0 Å². The summed E-state index contributed by atoms with van der Waals surface area (Å²) in [6, 6.07) is 9.40. The molecular weight excluding hydrogens is 344 g/mol. The highest BCUT2D eigenvalue weighted by Gasteiger charge is 2.25. The van der Waals surface area contributed by atoms with Gasteiger partial charge in [-0.2, -0.15) is 0 Å². The number of rotatable bonds is 5. The first-order valence-corrected chi connectivity index (χ1v) is 8.84. The molecule has 0 saturated carbocycles. The normalized spacial score (nSPS) is 15.4. The molecule has 1 atom stereocenters. The van der Waals surface area contributed by atoms with E-state index in [0.717, 1.165) is 35.9 Å². The molecular formula is C19H20N6O2. The second-order valence-corrected chi connectivity index (χ2v) is 6.48. The van der Waals surface area contributed by atoms with Crippen LogP contribution < -0.4 is 10.1 Å². The van der Waals surface area contributed by atoms with E-state index in [1.165, 1.54) is 6.20 Å². The third-order valence-electron chi connectivity index (χ3n) is 4.66. The van der Waals surface area contributed by atoms with Gasteiger partial charge in [0.2, 0.25) is 0 Å². The van der Waals surface area contributed by atoms with Crippen LogP contribution in [0.4, 0.5) is 0 Å². The largest absolute Gasteiger partial charge is 0.495 e. The van der Waals surface area contributed by atoms with Crippen molar-refractivity contribution in [3.8, 4) is 17.3 Å². The Labute approximate surface area is 156 Å². The van der Waals surface area contributed by atoms with Crippen molar-refractivity contribution in [1.82, 2.24) is 30.0 Å². The van der Waals surface area contributed by atoms with E-state index in [0.29, 0.717) is 24.0 Å². The van der Waals surface area contributed by atoms with E-state index in [2.05, 4.69) is 37.0 Å². The summed E-state index contributed by atoms with van der Waals surface area (Å²) >= 11 is 0. The Balaban J connectivity index is 1.48. The third-order valence-corrected chi connectivity index (χ3v) is 4.66. The molecule has 138 valence electrons. The maximum absolute atomic E-state index is 12.3. The SMILES string of the molecule is COc1ccc(C(=O)NCc2cccc(-c3nnc4n3[C@@H](C)CC4)n2)nc1. The van der Waals surface area contributed by atoms with Crippen molar-refractivity contribution < 1.29 is 9.53 Å². The van der Waals surface area contributed by atoms with Gasteiger partial charge in [0.25, 0.3) is 5.91 Å². The predicted molar refractivity (Wildman–Crippen MR) is 98.2 cm³/mol. The number of carbonyl (C=O) groups is 1. The van der Waals surface area contributed by atoms with Crippen molar-refractivity contribution in [2.45, 2.75) is 32.4 Å². The number of aromatic nitrogens is 5. The highest BCUT2D eigenvalue weighted by atomic mass is 16.5. The predicted octanol–water partition coefficient (Wildman–Crippen LogP) is 2.18. The van der Waals surface area contributed by atoms with Gasteiger partial charge in [-0.05, 0) is 37.6 Å². The van der Waals surface area contributed by atoms with E-state index < -0.39 is 0 Å². The van der Waals surface area contributed by atoms with Crippen molar-refractivity contribution in [2.24, 2.45) is 0 Å². The van der Waals surface area contributed by atoms with Crippen LogP contribution in [0.25, 0.3) is 11.5 Å². The van der Waals surface area contributed by atoms with Crippen LogP contribution in [0.15, 0.2) is 36.5 Å². The Bertz CT molecular complexity index is 967. The molecule has 0 bridgehead atoms. The summed E-state index contributed by atoms with van der Waals surface area (Å²) in [5, 5.41) is 11.4. The lowest BCUT2D eigenvalue weighted by atomic mass is 10.2. The number of ether oxygens (including phenoxy) is 1. The molecule has 0 aliphatic carbocycles. The van der Waals surface area contributed by atoms with Gasteiger partial charge >= 0.3 is 0 Å². The number of hydrogen-bond acceptors (Lipinski definition) is 6. The zero-order valence-corrected chi connectivity index (χ0v) is 15.2. The first kappa shape index (κ1) is 17.1. The standard InChI is InChI=1S/C19H20N6O2/c1-12-6-9-17-23-24-18(25(12)17)15-5-3-4-13(22-15)10-21-19(26)16-8-7-14(27-2)11-20-16/h3-5,7-8,11-12H,6,9-10H2,1-2H3,(H,21,26)/t12-/m0/s1. The van der Waals surface area contributed by atoms with Gasteiger partial charge in [-0.15, -0.1) is 10.2 Å². The molecule has 0 unspecified atom stereocenters. The number of aryl methyl sites for hydroxylation is 1. The minimum Gasteiger partial charge on any atom is -0.495 e. The number of carbonyl (C=O) groups excluding carboxylic acids is 1. The minimum absolute atomic E-state index is 0.262. The lowest BCUT2D eigenvalue weighted by Gasteiger charge is -2.10. The Morgan fingerprint density at radius 3 is 2.96 bits per heavy atom. The van der Waals surface area contributed by atoms with Crippen molar-refractivity contribution in [3.63, 3.8) is 0 Å². The molecule has 1 amide bonds. The number of hydrogen-bond donors (Lipinski definition) is 1. The zero-order valence-electron chi connectivity index (χ0n) is 15.2. The van der Waals surface area contributed by atoms with Gasteiger partial charge < -0.3 is 14.6 Å². The van der Waals surface area contributed by atoms with Gasteiger partial charge in [0, 0.05) is 12.5 Å². The summed E-state index contributed by atoms with van der Waals surface area (Å²) in [6.45, 7) is 2.46. The molecule has 0 fully saturated rings. The first-order chi connectivity index (χ1) is 13.2. The zero-order chi connectivity index (χ0) is 18.8. The van der Waals surface area contributed by atoms with Crippen molar-refractivity contribution >= 4 is 5.91 Å². The molecule has 27 heavy (non-hydrogen) atoms. The fourth-order valence-corrected chi connectivity index (χ4v) is 3.20. The molecule has 0 saturated heterocycles. The molecule has 1 aliphatic heterocycles. The summed E-state index contributed by atoms with van der Waals surface area (Å²) in [4.78, 5) is 21.0. The van der Waals surface area contributed by atoms with Gasteiger partial charge in [0.15, 0.2) is 5.82 Å². The monoisotopic (exact) mass is 364 g/mol. The second-order valence-electron chi connectivity index (χ2n) is 6.48. The molecule has 0 aromatic carbocycles. The van der Waals surface area contributed by atoms with E-state index in [9.17, 15) is 4.79 Å². The maximum atomic E-state index is 12.3. The molecule has 4 rings (SSSR count). The summed E-state index contributed by atoms with van der Waals surface area (Å²) < 4.78 is 7.19. The first-order valence-electron chi connectivity index (χ1n) is 8.84. The van der Waals surface area contributed by atoms with E-state index in [-0.39, 0.29) is 5.91 Å². The van der Waals surface area contributed by atoms with E-state index in [1.54, 1.807) is 19.2 Å². The van der Waals surface area contributed by atoms with E-state index in [1.807, 2.05) is 18.2 Å².